The van der Waals surface area contributed by atoms with Crippen LogP contribution in [-0.4, -0.2) is 28.3 Å². The molecule has 0 bridgehead atoms. The van der Waals surface area contributed by atoms with Crippen LogP contribution in [0.25, 0.3) is 16.9 Å². The molecule has 0 atom stereocenters. The van der Waals surface area contributed by atoms with E-state index >= 15 is 0 Å². The van der Waals surface area contributed by atoms with Crippen LogP contribution in [-0.2, 0) is 11.2 Å². The second-order valence-electron chi connectivity index (χ2n) is 4.96. The molecule has 1 N–H and O–H groups in total. The third-order valence-electron chi connectivity index (χ3n) is 3.59. The highest BCUT2D eigenvalue weighted by Gasteiger charge is 2.12. The van der Waals surface area contributed by atoms with Gasteiger partial charge in [0.25, 0.3) is 0 Å². The van der Waals surface area contributed by atoms with Crippen molar-refractivity contribution < 1.29 is 4.74 Å². The third-order valence-corrected chi connectivity index (χ3v) is 3.88. The molecule has 3 rings (SSSR count). The standard InChI is InChI=1S/C16H17N3OS/c1-11-7-9-17-15-14(11)18-16(21)19(15)13-6-4-3-5-12(13)8-10-20-2/h3-7,9H,8,10H2,1-2H3,(H,18,21). The van der Waals surface area contributed by atoms with Crippen molar-refractivity contribution in [3.63, 3.8) is 0 Å². The van der Waals surface area contributed by atoms with Gasteiger partial charge in [-0.2, -0.15) is 0 Å². The second kappa shape index (κ2) is 5.79. The number of pyridine rings is 1. The number of ether oxygens (including phenoxy) is 1. The number of fused-ring (bicyclic) bond motifs is 1. The number of hydrogen-bond acceptors (Lipinski definition) is 3. The molecule has 1 aromatic carbocycles. The molecule has 0 fully saturated rings. The molecule has 0 aliphatic rings. The number of benzene rings is 1. The maximum absolute atomic E-state index is 5.50. The van der Waals surface area contributed by atoms with E-state index in [-0.39, 0.29) is 0 Å². The smallest absolute Gasteiger partial charge is 0.184 e. The van der Waals surface area contributed by atoms with Crippen molar-refractivity contribution >= 4 is 23.4 Å². The van der Waals surface area contributed by atoms with Crippen LogP contribution in [0.1, 0.15) is 11.1 Å². The number of methoxy groups -OCH3 is 1. The minimum absolute atomic E-state index is 0.664. The van der Waals surface area contributed by atoms with Crippen molar-refractivity contribution in [2.75, 3.05) is 13.7 Å². The molecule has 4 nitrogen and oxygen atoms in total. The number of hydrogen-bond donors (Lipinski definition) is 1. The largest absolute Gasteiger partial charge is 0.384 e. The van der Waals surface area contributed by atoms with Crippen molar-refractivity contribution in [2.24, 2.45) is 0 Å². The first-order valence-electron chi connectivity index (χ1n) is 6.86. The van der Waals surface area contributed by atoms with E-state index in [1.807, 2.05) is 29.0 Å². The van der Waals surface area contributed by atoms with E-state index in [4.69, 9.17) is 17.0 Å². The van der Waals surface area contributed by atoms with Crippen LogP contribution in [0.2, 0.25) is 0 Å². The van der Waals surface area contributed by atoms with Crippen LogP contribution in [0.3, 0.4) is 0 Å². The van der Waals surface area contributed by atoms with Crippen molar-refractivity contribution in [2.45, 2.75) is 13.3 Å². The molecule has 0 spiro atoms. The minimum atomic E-state index is 0.664. The van der Waals surface area contributed by atoms with Crippen LogP contribution in [0.15, 0.2) is 36.5 Å². The number of aromatic amines is 1. The fourth-order valence-electron chi connectivity index (χ4n) is 2.50. The number of aryl methyl sites for hydroxylation is 1. The number of nitrogens with zero attached hydrogens (tertiary/aromatic N) is 2. The Morgan fingerprint density at radius 2 is 2.10 bits per heavy atom. The molecule has 0 saturated heterocycles. The van der Waals surface area contributed by atoms with Crippen molar-refractivity contribution in [3.05, 3.63) is 52.4 Å². The summed E-state index contributed by atoms with van der Waals surface area (Å²) in [7, 11) is 1.71. The lowest BCUT2D eigenvalue weighted by molar-refractivity contribution is 0.202. The maximum atomic E-state index is 5.50. The average Bonchev–Trinajstić information content (AvgIpc) is 2.83. The van der Waals surface area contributed by atoms with E-state index in [0.29, 0.717) is 11.4 Å². The summed E-state index contributed by atoms with van der Waals surface area (Å²) in [5.74, 6) is 0. The van der Waals surface area contributed by atoms with Gasteiger partial charge >= 0.3 is 0 Å². The van der Waals surface area contributed by atoms with E-state index in [0.717, 1.165) is 28.8 Å². The van der Waals surface area contributed by atoms with Crippen molar-refractivity contribution in [3.8, 4) is 5.69 Å². The highest BCUT2D eigenvalue weighted by Crippen LogP contribution is 2.23. The quantitative estimate of drug-likeness (QED) is 0.749. The topological polar surface area (TPSA) is 42.8 Å². The lowest BCUT2D eigenvalue weighted by Gasteiger charge is -2.10. The first-order chi connectivity index (χ1) is 10.2. The van der Waals surface area contributed by atoms with E-state index in [1.165, 1.54) is 5.56 Å². The van der Waals surface area contributed by atoms with Crippen LogP contribution < -0.4 is 0 Å². The summed E-state index contributed by atoms with van der Waals surface area (Å²) in [6, 6.07) is 10.2. The van der Waals surface area contributed by atoms with Crippen LogP contribution in [0, 0.1) is 11.7 Å². The van der Waals surface area contributed by atoms with Crippen molar-refractivity contribution in [1.82, 2.24) is 14.5 Å². The van der Waals surface area contributed by atoms with Gasteiger partial charge < -0.3 is 9.72 Å². The van der Waals surface area contributed by atoms with Gasteiger partial charge in [-0.1, -0.05) is 18.2 Å². The van der Waals surface area contributed by atoms with Gasteiger partial charge in [0.2, 0.25) is 0 Å². The normalized spacial score (nSPS) is 11.1. The van der Waals surface area contributed by atoms with Crippen LogP contribution in [0.4, 0.5) is 0 Å². The summed E-state index contributed by atoms with van der Waals surface area (Å²) in [6.45, 7) is 2.73. The van der Waals surface area contributed by atoms with E-state index < -0.39 is 0 Å². The average molecular weight is 299 g/mol. The highest BCUT2D eigenvalue weighted by atomic mass is 32.1. The SMILES string of the molecule is COCCc1ccccc1-n1c(=S)[nH]c2c(C)ccnc21. The lowest BCUT2D eigenvalue weighted by Crippen LogP contribution is -2.03. The molecule has 0 aliphatic carbocycles. The molecule has 0 saturated carbocycles. The molecule has 2 aromatic heterocycles. The van der Waals surface area contributed by atoms with Gasteiger partial charge in [0.15, 0.2) is 10.4 Å². The number of H-pyrrole nitrogens is 1. The van der Waals surface area contributed by atoms with Gasteiger partial charge in [0.05, 0.1) is 17.8 Å². The highest BCUT2D eigenvalue weighted by molar-refractivity contribution is 7.71. The van der Waals surface area contributed by atoms with Gasteiger partial charge in [-0.3, -0.25) is 4.57 Å². The Morgan fingerprint density at radius 1 is 1.29 bits per heavy atom. The zero-order chi connectivity index (χ0) is 14.8. The number of para-hydroxylation sites is 1. The van der Waals surface area contributed by atoms with Crippen molar-refractivity contribution in [1.29, 1.82) is 0 Å². The fourth-order valence-corrected chi connectivity index (χ4v) is 2.79. The van der Waals surface area contributed by atoms with Gasteiger partial charge in [0, 0.05) is 13.3 Å². The first kappa shape index (κ1) is 14.0. The Morgan fingerprint density at radius 3 is 2.90 bits per heavy atom. The first-order valence-corrected chi connectivity index (χ1v) is 7.26. The lowest BCUT2D eigenvalue weighted by atomic mass is 10.1. The number of aromatic nitrogens is 3. The van der Waals surface area contributed by atoms with Crippen LogP contribution in [0.5, 0.6) is 0 Å². The van der Waals surface area contributed by atoms with E-state index in [9.17, 15) is 0 Å². The van der Waals surface area contributed by atoms with Crippen LogP contribution >= 0.6 is 12.2 Å². The Balaban J connectivity index is 2.24. The molecular formula is C16H17N3OS. The predicted molar refractivity (Wildman–Crippen MR) is 86.6 cm³/mol. The molecule has 108 valence electrons. The molecular weight excluding hydrogens is 282 g/mol. The molecule has 3 aromatic rings. The molecule has 0 radical (unpaired) electrons. The molecule has 0 aliphatic heterocycles. The Hall–Kier alpha value is -1.98. The monoisotopic (exact) mass is 299 g/mol. The Bertz CT molecular complexity index is 835. The molecule has 0 unspecified atom stereocenters. The number of nitrogens with one attached hydrogen (secondary N) is 1. The maximum Gasteiger partial charge on any atom is 0.184 e. The van der Waals surface area contributed by atoms with E-state index in [2.05, 4.69) is 29.0 Å². The summed E-state index contributed by atoms with van der Waals surface area (Å²) in [5, 5.41) is 0. The van der Waals surface area contributed by atoms with Gasteiger partial charge in [-0.05, 0) is 48.8 Å². The number of imidazole rings is 1. The second-order valence-corrected chi connectivity index (χ2v) is 5.35. The Kier molecular flexibility index (Phi) is 3.86. The zero-order valence-corrected chi connectivity index (χ0v) is 12.9. The molecule has 2 heterocycles. The molecule has 5 heteroatoms. The Labute approximate surface area is 128 Å². The van der Waals surface area contributed by atoms with Gasteiger partial charge in [0.1, 0.15) is 0 Å². The fraction of sp³-hybridized carbons (Fsp3) is 0.250. The molecule has 21 heavy (non-hydrogen) atoms. The predicted octanol–water partition coefficient (Wildman–Crippen LogP) is 3.58. The summed E-state index contributed by atoms with van der Waals surface area (Å²) in [6.07, 6.45) is 2.65. The molecule has 0 amide bonds. The summed E-state index contributed by atoms with van der Waals surface area (Å²) in [5.41, 5.74) is 5.25. The minimum Gasteiger partial charge on any atom is -0.384 e. The third kappa shape index (κ3) is 2.50. The number of rotatable bonds is 4. The van der Waals surface area contributed by atoms with E-state index in [1.54, 1.807) is 7.11 Å². The summed E-state index contributed by atoms with van der Waals surface area (Å²) >= 11 is 5.50. The van der Waals surface area contributed by atoms with Gasteiger partial charge in [-0.15, -0.1) is 0 Å². The zero-order valence-electron chi connectivity index (χ0n) is 12.1. The summed E-state index contributed by atoms with van der Waals surface area (Å²) < 4.78 is 7.86. The van der Waals surface area contributed by atoms with Gasteiger partial charge in [-0.25, -0.2) is 4.98 Å². The summed E-state index contributed by atoms with van der Waals surface area (Å²) in [4.78, 5) is 7.76.